The highest BCUT2D eigenvalue weighted by Gasteiger charge is 2.41. The van der Waals surface area contributed by atoms with Gasteiger partial charge in [0.25, 0.3) is 0 Å². The van der Waals surface area contributed by atoms with Gasteiger partial charge in [0.15, 0.2) is 17.1 Å². The lowest BCUT2D eigenvalue weighted by molar-refractivity contribution is -0.206. The van der Waals surface area contributed by atoms with Crippen molar-refractivity contribution in [2.45, 2.75) is 38.7 Å². The molecule has 0 saturated carbocycles. The SMILES string of the molecule is CC(=O)O[C@H]1[C@H](n2c(Br)nc3cc(Cl)c(Cl)cc32)OCC[C@H]1OC(C)=O. The molecule has 1 aromatic carbocycles. The zero-order valence-electron chi connectivity index (χ0n) is 13.9. The minimum absolute atomic E-state index is 0.313. The van der Waals surface area contributed by atoms with E-state index in [9.17, 15) is 9.59 Å². The van der Waals surface area contributed by atoms with Gasteiger partial charge in [0.1, 0.15) is 6.10 Å². The zero-order chi connectivity index (χ0) is 19.0. The van der Waals surface area contributed by atoms with Crippen LogP contribution >= 0.6 is 39.1 Å². The second kappa shape index (κ2) is 7.72. The summed E-state index contributed by atoms with van der Waals surface area (Å²) in [5.41, 5.74) is 1.22. The summed E-state index contributed by atoms with van der Waals surface area (Å²) in [6.07, 6.45) is -1.82. The second-order valence-corrected chi connectivity index (χ2v) is 7.30. The molecule has 1 aliphatic heterocycles. The summed E-state index contributed by atoms with van der Waals surface area (Å²) < 4.78 is 18.8. The molecule has 7 nitrogen and oxygen atoms in total. The Kier molecular flexibility index (Phi) is 5.76. The van der Waals surface area contributed by atoms with Gasteiger partial charge in [-0.2, -0.15) is 0 Å². The number of imidazole rings is 1. The smallest absolute Gasteiger partial charge is 0.303 e. The van der Waals surface area contributed by atoms with E-state index in [1.54, 1.807) is 16.7 Å². The van der Waals surface area contributed by atoms with Gasteiger partial charge in [-0.3, -0.25) is 14.2 Å². The molecule has 1 aliphatic rings. The normalized spacial score (nSPS) is 23.0. The summed E-state index contributed by atoms with van der Waals surface area (Å²) in [6.45, 7) is 2.90. The lowest BCUT2D eigenvalue weighted by Crippen LogP contribution is -2.46. The van der Waals surface area contributed by atoms with Crippen molar-refractivity contribution in [3.8, 4) is 0 Å². The number of hydrogen-bond donors (Lipinski definition) is 0. The molecule has 0 aliphatic carbocycles. The molecule has 26 heavy (non-hydrogen) atoms. The van der Waals surface area contributed by atoms with Crippen LogP contribution in [0.1, 0.15) is 26.5 Å². The van der Waals surface area contributed by atoms with Crippen molar-refractivity contribution in [2.24, 2.45) is 0 Å². The topological polar surface area (TPSA) is 79.7 Å². The van der Waals surface area contributed by atoms with Crippen molar-refractivity contribution in [1.29, 1.82) is 0 Å². The van der Waals surface area contributed by atoms with Crippen LogP contribution in [0.4, 0.5) is 0 Å². The molecule has 1 saturated heterocycles. The van der Waals surface area contributed by atoms with Crippen molar-refractivity contribution in [2.75, 3.05) is 6.61 Å². The third kappa shape index (κ3) is 3.83. The fourth-order valence-electron chi connectivity index (χ4n) is 2.94. The van der Waals surface area contributed by atoms with E-state index in [1.165, 1.54) is 13.8 Å². The molecule has 1 fully saturated rings. The van der Waals surface area contributed by atoms with Crippen LogP contribution in [0.2, 0.25) is 10.0 Å². The number of halogens is 3. The summed E-state index contributed by atoms with van der Waals surface area (Å²) in [6, 6.07) is 3.29. The molecule has 140 valence electrons. The van der Waals surface area contributed by atoms with Crippen molar-refractivity contribution < 1.29 is 23.8 Å². The summed E-state index contributed by atoms with van der Waals surface area (Å²) in [7, 11) is 0. The number of ether oxygens (including phenoxy) is 3. The predicted octanol–water partition coefficient (Wildman–Crippen LogP) is 3.89. The van der Waals surface area contributed by atoms with Crippen LogP contribution in [-0.2, 0) is 23.8 Å². The Morgan fingerprint density at radius 2 is 1.88 bits per heavy atom. The quantitative estimate of drug-likeness (QED) is 0.639. The summed E-state index contributed by atoms with van der Waals surface area (Å²) in [4.78, 5) is 27.4. The van der Waals surface area contributed by atoms with E-state index in [-0.39, 0.29) is 0 Å². The van der Waals surface area contributed by atoms with Gasteiger partial charge in [0.05, 0.1) is 27.7 Å². The molecule has 0 amide bonds. The number of carbonyl (C=O) groups is 2. The van der Waals surface area contributed by atoms with Crippen LogP contribution < -0.4 is 0 Å². The molecule has 2 heterocycles. The van der Waals surface area contributed by atoms with E-state index in [4.69, 9.17) is 37.4 Å². The van der Waals surface area contributed by atoms with Crippen LogP contribution in [0.15, 0.2) is 16.9 Å². The Balaban J connectivity index is 2.08. The second-order valence-electron chi connectivity index (χ2n) is 5.78. The lowest BCUT2D eigenvalue weighted by atomic mass is 10.1. The molecule has 0 N–H and O–H groups in total. The average Bonchev–Trinajstić information content (AvgIpc) is 2.84. The van der Waals surface area contributed by atoms with E-state index < -0.39 is 30.4 Å². The molecular formula is C16H15BrCl2N2O5. The molecule has 10 heteroatoms. The van der Waals surface area contributed by atoms with E-state index in [0.717, 1.165) is 0 Å². The maximum absolute atomic E-state index is 11.6. The molecule has 0 spiro atoms. The Labute approximate surface area is 167 Å². The molecule has 2 aromatic rings. The minimum Gasteiger partial charge on any atom is -0.458 e. The highest BCUT2D eigenvalue weighted by atomic mass is 79.9. The van der Waals surface area contributed by atoms with Gasteiger partial charge in [-0.15, -0.1) is 0 Å². The van der Waals surface area contributed by atoms with Crippen molar-refractivity contribution in [1.82, 2.24) is 9.55 Å². The Hall–Kier alpha value is -1.35. The van der Waals surface area contributed by atoms with Crippen LogP contribution in [0.5, 0.6) is 0 Å². The zero-order valence-corrected chi connectivity index (χ0v) is 17.0. The van der Waals surface area contributed by atoms with E-state index in [1.807, 2.05) is 0 Å². The van der Waals surface area contributed by atoms with Crippen LogP contribution in [0.3, 0.4) is 0 Å². The van der Waals surface area contributed by atoms with E-state index in [0.29, 0.717) is 38.8 Å². The number of esters is 2. The first-order valence-corrected chi connectivity index (χ1v) is 9.31. The summed E-state index contributed by atoms with van der Waals surface area (Å²) >= 11 is 15.6. The van der Waals surface area contributed by atoms with Gasteiger partial charge >= 0.3 is 11.9 Å². The predicted molar refractivity (Wildman–Crippen MR) is 98.2 cm³/mol. The minimum atomic E-state index is -0.840. The number of rotatable bonds is 3. The third-order valence-corrected chi connectivity index (χ3v) is 5.18. The Morgan fingerprint density at radius 3 is 2.54 bits per heavy atom. The lowest BCUT2D eigenvalue weighted by Gasteiger charge is -2.37. The molecular weight excluding hydrogens is 451 g/mol. The first-order valence-electron chi connectivity index (χ1n) is 7.76. The fourth-order valence-corrected chi connectivity index (χ4v) is 3.84. The highest BCUT2D eigenvalue weighted by Crippen LogP contribution is 2.36. The van der Waals surface area contributed by atoms with Crippen LogP contribution in [-0.4, -0.2) is 40.3 Å². The summed E-state index contributed by atoms with van der Waals surface area (Å²) in [5, 5.41) is 0.722. The number of hydrogen-bond acceptors (Lipinski definition) is 6. The largest absolute Gasteiger partial charge is 0.458 e. The maximum atomic E-state index is 11.6. The van der Waals surface area contributed by atoms with Crippen LogP contribution in [0, 0.1) is 0 Å². The molecule has 0 unspecified atom stereocenters. The Bertz CT molecular complexity index is 872. The molecule has 0 radical (unpaired) electrons. The van der Waals surface area contributed by atoms with Gasteiger partial charge < -0.3 is 14.2 Å². The first-order chi connectivity index (χ1) is 12.3. The van der Waals surface area contributed by atoms with Crippen molar-refractivity contribution >= 4 is 62.1 Å². The first kappa shape index (κ1) is 19.4. The maximum Gasteiger partial charge on any atom is 0.303 e. The number of benzene rings is 1. The third-order valence-electron chi connectivity index (χ3n) is 3.90. The van der Waals surface area contributed by atoms with Crippen LogP contribution in [0.25, 0.3) is 11.0 Å². The van der Waals surface area contributed by atoms with Gasteiger partial charge in [-0.05, 0) is 28.1 Å². The number of nitrogens with zero attached hydrogens (tertiary/aromatic N) is 2. The number of carbonyl (C=O) groups excluding carboxylic acids is 2. The molecule has 3 atom stereocenters. The van der Waals surface area contributed by atoms with E-state index in [2.05, 4.69) is 20.9 Å². The van der Waals surface area contributed by atoms with Gasteiger partial charge in [0.2, 0.25) is 0 Å². The monoisotopic (exact) mass is 464 g/mol. The fraction of sp³-hybridized carbons (Fsp3) is 0.438. The number of fused-ring (bicyclic) bond motifs is 1. The van der Waals surface area contributed by atoms with Crippen molar-refractivity contribution in [3.05, 3.63) is 26.9 Å². The molecule has 1 aromatic heterocycles. The average molecular weight is 466 g/mol. The standard InChI is InChI=1S/C16H15BrCl2N2O5/c1-7(22)25-13-3-4-24-15(14(13)26-8(2)23)21-12-6-10(19)9(18)5-11(12)20-16(21)17/h5-6,13-15H,3-4H2,1-2H3/t13-,14-,15-/m1/s1. The number of aromatic nitrogens is 2. The Morgan fingerprint density at radius 1 is 1.23 bits per heavy atom. The molecule has 0 bridgehead atoms. The highest BCUT2D eigenvalue weighted by molar-refractivity contribution is 9.10. The van der Waals surface area contributed by atoms with Gasteiger partial charge in [-0.25, -0.2) is 4.98 Å². The van der Waals surface area contributed by atoms with E-state index >= 15 is 0 Å². The van der Waals surface area contributed by atoms with Crippen molar-refractivity contribution in [3.63, 3.8) is 0 Å². The van der Waals surface area contributed by atoms with Gasteiger partial charge in [0, 0.05) is 20.3 Å². The summed E-state index contributed by atoms with van der Waals surface area (Å²) in [5.74, 6) is -0.971. The van der Waals surface area contributed by atoms with Gasteiger partial charge in [-0.1, -0.05) is 23.2 Å². The molecule has 3 rings (SSSR count).